The first-order valence-electron chi connectivity index (χ1n) is 9.37. The zero-order valence-corrected chi connectivity index (χ0v) is 16.6. The van der Waals surface area contributed by atoms with E-state index in [0.29, 0.717) is 28.6 Å². The van der Waals surface area contributed by atoms with Crippen molar-refractivity contribution in [2.75, 3.05) is 21.3 Å². The summed E-state index contributed by atoms with van der Waals surface area (Å²) in [5.41, 5.74) is 3.06. The minimum absolute atomic E-state index is 0.481. The van der Waals surface area contributed by atoms with Gasteiger partial charge in [-0.05, 0) is 35.9 Å². The van der Waals surface area contributed by atoms with E-state index in [1.807, 2.05) is 42.5 Å². The van der Waals surface area contributed by atoms with Gasteiger partial charge in [0, 0.05) is 16.3 Å². The Balaban J connectivity index is 1.81. The third-order valence-electron chi connectivity index (χ3n) is 5.32. The quantitative estimate of drug-likeness (QED) is 0.525. The van der Waals surface area contributed by atoms with E-state index < -0.39 is 12.1 Å². The number of hydrogen-bond acceptors (Lipinski definition) is 6. The molecule has 2 heterocycles. The lowest BCUT2D eigenvalue weighted by Crippen LogP contribution is -2.36. The van der Waals surface area contributed by atoms with Crippen molar-refractivity contribution in [2.45, 2.75) is 6.04 Å². The molecular formula is C23H19NO6. The first-order chi connectivity index (χ1) is 14.6. The van der Waals surface area contributed by atoms with Crippen molar-refractivity contribution in [1.29, 1.82) is 0 Å². The largest absolute Gasteiger partial charge is 0.493 e. The highest BCUT2D eigenvalue weighted by Gasteiger charge is 2.32. The number of benzene rings is 3. The number of hydrogen-bond donors (Lipinski definition) is 1. The Hall–Kier alpha value is -3.87. The molecule has 30 heavy (non-hydrogen) atoms. The summed E-state index contributed by atoms with van der Waals surface area (Å²) in [6.07, 6.45) is -0.534. The molecule has 0 fully saturated rings. The van der Waals surface area contributed by atoms with Crippen molar-refractivity contribution in [3.8, 4) is 23.0 Å². The maximum Gasteiger partial charge on any atom is 0.413 e. The van der Waals surface area contributed by atoms with Gasteiger partial charge in [-0.2, -0.15) is 0 Å². The van der Waals surface area contributed by atoms with Crippen molar-refractivity contribution in [2.24, 2.45) is 0 Å². The molecule has 1 unspecified atom stereocenters. The average molecular weight is 405 g/mol. The van der Waals surface area contributed by atoms with Gasteiger partial charge in [0.15, 0.2) is 11.5 Å². The van der Waals surface area contributed by atoms with Gasteiger partial charge in [-0.3, -0.25) is 0 Å². The Kier molecular flexibility index (Phi) is 4.17. The highest BCUT2D eigenvalue weighted by atomic mass is 16.6. The Bertz CT molecular complexity index is 1270. The molecule has 1 atom stereocenters. The lowest BCUT2D eigenvalue weighted by molar-refractivity contribution is 0.191. The van der Waals surface area contributed by atoms with Crippen LogP contribution >= 0.6 is 0 Å². The van der Waals surface area contributed by atoms with Gasteiger partial charge in [0.25, 0.3) is 0 Å². The molecule has 0 saturated heterocycles. The van der Waals surface area contributed by atoms with Crippen LogP contribution in [-0.4, -0.2) is 27.4 Å². The maximum atomic E-state index is 12.3. The second-order valence-electron chi connectivity index (χ2n) is 6.87. The monoisotopic (exact) mass is 405 g/mol. The number of fused-ring (bicyclic) bond motifs is 5. The van der Waals surface area contributed by atoms with Crippen LogP contribution in [0, 0.1) is 0 Å². The number of carbonyl (C=O) groups excluding carboxylic acids is 1. The molecule has 5 rings (SSSR count). The van der Waals surface area contributed by atoms with Crippen LogP contribution in [0.15, 0.2) is 52.9 Å². The molecule has 4 aromatic rings. The molecule has 1 aromatic heterocycles. The number of nitrogens with one attached hydrogen (secondary N) is 1. The van der Waals surface area contributed by atoms with Crippen LogP contribution in [0.1, 0.15) is 17.2 Å². The van der Waals surface area contributed by atoms with E-state index in [1.54, 1.807) is 27.4 Å². The predicted octanol–water partition coefficient (Wildman–Crippen LogP) is 4.80. The fourth-order valence-electron chi connectivity index (χ4n) is 4.04. The van der Waals surface area contributed by atoms with E-state index in [2.05, 4.69) is 5.32 Å². The number of furan rings is 1. The molecule has 0 bridgehead atoms. The molecule has 1 N–H and O–H groups in total. The van der Waals surface area contributed by atoms with E-state index in [4.69, 9.17) is 23.4 Å². The van der Waals surface area contributed by atoms with Gasteiger partial charge >= 0.3 is 6.09 Å². The number of ether oxygens (including phenoxy) is 4. The van der Waals surface area contributed by atoms with Crippen molar-refractivity contribution in [1.82, 2.24) is 5.32 Å². The summed E-state index contributed by atoms with van der Waals surface area (Å²) in [6, 6.07) is 14.5. The molecule has 3 aromatic carbocycles. The second-order valence-corrected chi connectivity index (χ2v) is 6.87. The fraction of sp³-hybridized carbons (Fsp3) is 0.174. The first kappa shape index (κ1) is 18.2. The number of methoxy groups -OCH3 is 3. The Morgan fingerprint density at radius 3 is 2.33 bits per heavy atom. The van der Waals surface area contributed by atoms with Crippen molar-refractivity contribution < 1.29 is 28.2 Å². The lowest BCUT2D eigenvalue weighted by atomic mass is 9.92. The van der Waals surface area contributed by atoms with E-state index in [-0.39, 0.29) is 0 Å². The normalized spacial score (nSPS) is 15.4. The van der Waals surface area contributed by atoms with Crippen LogP contribution < -0.4 is 24.3 Å². The van der Waals surface area contributed by atoms with Crippen molar-refractivity contribution >= 4 is 28.0 Å². The average Bonchev–Trinajstić information content (AvgIpc) is 3.16. The van der Waals surface area contributed by atoms with Crippen LogP contribution in [0.5, 0.6) is 23.0 Å². The van der Waals surface area contributed by atoms with Gasteiger partial charge in [-0.1, -0.05) is 18.2 Å². The van der Waals surface area contributed by atoms with Gasteiger partial charge in [0.05, 0.1) is 27.4 Å². The molecule has 152 valence electrons. The van der Waals surface area contributed by atoms with E-state index in [9.17, 15) is 4.79 Å². The molecule has 1 amide bonds. The topological polar surface area (TPSA) is 79.2 Å². The first-order valence-corrected chi connectivity index (χ1v) is 9.37. The predicted molar refractivity (Wildman–Crippen MR) is 111 cm³/mol. The molecular weight excluding hydrogens is 386 g/mol. The number of rotatable bonds is 4. The Labute approximate surface area is 172 Å². The molecule has 7 heteroatoms. The molecule has 0 aliphatic carbocycles. The summed E-state index contributed by atoms with van der Waals surface area (Å²) in [4.78, 5) is 12.3. The van der Waals surface area contributed by atoms with Crippen LogP contribution in [0.4, 0.5) is 4.79 Å². The lowest BCUT2D eigenvalue weighted by Gasteiger charge is -2.28. The fourth-order valence-corrected chi connectivity index (χ4v) is 4.04. The minimum atomic E-state index is -0.534. The molecule has 0 saturated carbocycles. The zero-order chi connectivity index (χ0) is 20.8. The standard InChI is InChI=1S/C23H19NO6/c1-26-17-10-12(11-18(27-2)22(17)28-3)21-20-16(30-23(25)24-21)9-8-15-19(20)13-6-4-5-7-14(13)29-15/h4-11,21H,1-3H3,(H,24,25). The van der Waals surface area contributed by atoms with Gasteiger partial charge in [-0.15, -0.1) is 0 Å². The highest BCUT2D eigenvalue weighted by Crippen LogP contribution is 2.46. The minimum Gasteiger partial charge on any atom is -0.493 e. The van der Waals surface area contributed by atoms with Gasteiger partial charge < -0.3 is 28.7 Å². The zero-order valence-electron chi connectivity index (χ0n) is 16.6. The summed E-state index contributed by atoms with van der Waals surface area (Å²) in [7, 11) is 4.66. The third kappa shape index (κ3) is 2.62. The highest BCUT2D eigenvalue weighted by molar-refractivity contribution is 6.08. The van der Waals surface area contributed by atoms with E-state index in [0.717, 1.165) is 27.5 Å². The van der Waals surface area contributed by atoms with Gasteiger partial charge in [-0.25, -0.2) is 4.79 Å². The van der Waals surface area contributed by atoms with E-state index >= 15 is 0 Å². The SMILES string of the molecule is COc1cc(C2NC(=O)Oc3ccc4oc5ccccc5c4c32)cc(OC)c1OC. The number of amides is 1. The van der Waals surface area contributed by atoms with Crippen LogP contribution in [0.25, 0.3) is 21.9 Å². The van der Waals surface area contributed by atoms with Crippen LogP contribution in [0.3, 0.4) is 0 Å². The Morgan fingerprint density at radius 2 is 1.63 bits per heavy atom. The number of carbonyl (C=O) groups is 1. The second kappa shape index (κ2) is 6.88. The van der Waals surface area contributed by atoms with Gasteiger partial charge in [0.1, 0.15) is 16.9 Å². The molecule has 1 aliphatic heterocycles. The summed E-state index contributed by atoms with van der Waals surface area (Å²) < 4.78 is 27.9. The summed E-state index contributed by atoms with van der Waals surface area (Å²) in [5.74, 6) is 1.96. The van der Waals surface area contributed by atoms with Crippen molar-refractivity contribution in [3.05, 3.63) is 59.7 Å². The molecule has 7 nitrogen and oxygen atoms in total. The van der Waals surface area contributed by atoms with Crippen LogP contribution in [0.2, 0.25) is 0 Å². The Morgan fingerprint density at radius 1 is 0.900 bits per heavy atom. The van der Waals surface area contributed by atoms with Gasteiger partial charge in [0.2, 0.25) is 5.75 Å². The summed E-state index contributed by atoms with van der Waals surface area (Å²) in [5, 5.41) is 4.76. The van der Waals surface area contributed by atoms with E-state index in [1.165, 1.54) is 0 Å². The molecule has 0 spiro atoms. The van der Waals surface area contributed by atoms with Crippen LogP contribution in [-0.2, 0) is 0 Å². The smallest absolute Gasteiger partial charge is 0.413 e. The van der Waals surface area contributed by atoms with Crippen molar-refractivity contribution in [3.63, 3.8) is 0 Å². The summed E-state index contributed by atoms with van der Waals surface area (Å²) in [6.45, 7) is 0. The third-order valence-corrected chi connectivity index (χ3v) is 5.32. The summed E-state index contributed by atoms with van der Waals surface area (Å²) >= 11 is 0. The maximum absolute atomic E-state index is 12.3. The molecule has 0 radical (unpaired) electrons. The number of para-hydroxylation sites is 1. The molecule has 1 aliphatic rings.